The van der Waals surface area contributed by atoms with Crippen LogP contribution in [0.5, 0.6) is 0 Å². The summed E-state index contributed by atoms with van der Waals surface area (Å²) in [5.74, 6) is 0. The maximum atomic E-state index is 5.36. The highest BCUT2D eigenvalue weighted by molar-refractivity contribution is 7.71. The molecule has 0 radical (unpaired) electrons. The van der Waals surface area contributed by atoms with Gasteiger partial charge >= 0.3 is 0 Å². The molecule has 18 heavy (non-hydrogen) atoms. The van der Waals surface area contributed by atoms with Gasteiger partial charge in [-0.1, -0.05) is 0 Å². The van der Waals surface area contributed by atoms with Gasteiger partial charge in [0.05, 0.1) is 12.0 Å². The first-order chi connectivity index (χ1) is 8.66. The molecule has 0 saturated carbocycles. The Hall–Kier alpha value is -1.89. The molecule has 6 nitrogen and oxygen atoms in total. The predicted octanol–water partition coefficient (Wildman–Crippen LogP) is 1.64. The van der Waals surface area contributed by atoms with Crippen LogP contribution in [0.4, 0.5) is 0 Å². The molecule has 0 bridgehead atoms. The number of imidazole rings is 2. The maximum Gasteiger partial charge on any atom is 0.179 e. The monoisotopic (exact) mass is 262 g/mol. The third-order valence-corrected chi connectivity index (χ3v) is 3.39. The summed E-state index contributed by atoms with van der Waals surface area (Å²) >= 11 is 5.36. The van der Waals surface area contributed by atoms with Crippen molar-refractivity contribution in [2.75, 3.05) is 0 Å². The zero-order valence-electron chi connectivity index (χ0n) is 10.3. The maximum absolute atomic E-state index is 5.36. The predicted molar refractivity (Wildman–Crippen MR) is 70.9 cm³/mol. The van der Waals surface area contributed by atoms with Gasteiger partial charge in [-0.2, -0.15) is 5.10 Å². The minimum atomic E-state index is 0.737. The van der Waals surface area contributed by atoms with Crippen LogP contribution < -0.4 is 0 Å². The van der Waals surface area contributed by atoms with E-state index in [1.165, 1.54) is 0 Å². The fourth-order valence-corrected chi connectivity index (χ4v) is 2.49. The lowest BCUT2D eigenvalue weighted by Gasteiger charge is -2.05. The van der Waals surface area contributed by atoms with E-state index in [4.69, 9.17) is 12.2 Å². The third kappa shape index (κ3) is 1.67. The Bertz CT molecular complexity index is 730. The molecule has 94 valence electrons. The van der Waals surface area contributed by atoms with E-state index in [0.717, 1.165) is 34.7 Å². The van der Waals surface area contributed by atoms with Gasteiger partial charge in [-0.15, -0.1) is 0 Å². The van der Waals surface area contributed by atoms with Crippen LogP contribution in [0.15, 0.2) is 18.7 Å². The number of nitrogens with zero attached hydrogens (tertiary/aromatic N) is 5. The Balaban J connectivity index is 2.00. The lowest BCUT2D eigenvalue weighted by Crippen LogP contribution is -2.08. The number of hydrogen-bond donors (Lipinski definition) is 1. The molecule has 0 atom stereocenters. The molecule has 0 amide bonds. The third-order valence-electron chi connectivity index (χ3n) is 3.07. The molecule has 0 spiro atoms. The second-order valence-electron chi connectivity index (χ2n) is 4.29. The van der Waals surface area contributed by atoms with Gasteiger partial charge in [-0.3, -0.25) is 9.25 Å². The van der Waals surface area contributed by atoms with Crippen molar-refractivity contribution >= 4 is 23.4 Å². The van der Waals surface area contributed by atoms with Crippen molar-refractivity contribution in [2.45, 2.75) is 20.0 Å². The molecule has 0 aliphatic heterocycles. The van der Waals surface area contributed by atoms with E-state index in [-0.39, 0.29) is 0 Å². The summed E-state index contributed by atoms with van der Waals surface area (Å²) in [4.78, 5) is 7.25. The van der Waals surface area contributed by atoms with Crippen LogP contribution in [0.3, 0.4) is 0 Å². The molecule has 0 fully saturated rings. The number of fused-ring (bicyclic) bond motifs is 1. The van der Waals surface area contributed by atoms with E-state index < -0.39 is 0 Å². The second kappa shape index (κ2) is 4.09. The Morgan fingerprint density at radius 3 is 2.94 bits per heavy atom. The Morgan fingerprint density at radius 1 is 1.39 bits per heavy atom. The van der Waals surface area contributed by atoms with Crippen molar-refractivity contribution in [3.8, 4) is 0 Å². The lowest BCUT2D eigenvalue weighted by molar-refractivity contribution is 0.572. The largest absolute Gasteiger partial charge is 0.336 e. The molecular formula is C11H14N6S. The number of nitrogens with one attached hydrogen (secondary N) is 1. The van der Waals surface area contributed by atoms with Gasteiger partial charge in [0.1, 0.15) is 5.52 Å². The van der Waals surface area contributed by atoms with Crippen LogP contribution in [0.25, 0.3) is 11.2 Å². The summed E-state index contributed by atoms with van der Waals surface area (Å²) in [6.45, 7) is 3.62. The Morgan fingerprint density at radius 2 is 2.22 bits per heavy atom. The molecule has 1 N–H and O–H groups in total. The fraction of sp³-hybridized carbons (Fsp3) is 0.364. The molecule has 3 rings (SSSR count). The van der Waals surface area contributed by atoms with Crippen molar-refractivity contribution in [1.29, 1.82) is 0 Å². The molecule has 0 aromatic carbocycles. The van der Waals surface area contributed by atoms with Crippen molar-refractivity contribution in [2.24, 2.45) is 7.05 Å². The van der Waals surface area contributed by atoms with E-state index in [2.05, 4.69) is 19.6 Å². The highest BCUT2D eigenvalue weighted by Crippen LogP contribution is 2.16. The number of H-pyrrole nitrogens is 1. The summed E-state index contributed by atoms with van der Waals surface area (Å²) in [5.41, 5.74) is 3.03. The van der Waals surface area contributed by atoms with Gasteiger partial charge < -0.3 is 9.55 Å². The molecule has 7 heteroatoms. The van der Waals surface area contributed by atoms with E-state index in [0.29, 0.717) is 0 Å². The molecule has 0 aliphatic carbocycles. The molecule has 3 heterocycles. The van der Waals surface area contributed by atoms with Crippen molar-refractivity contribution in [3.05, 3.63) is 29.2 Å². The number of hydrogen-bond acceptors (Lipinski definition) is 3. The molecule has 3 aromatic heterocycles. The van der Waals surface area contributed by atoms with Crippen molar-refractivity contribution < 1.29 is 0 Å². The van der Waals surface area contributed by atoms with Gasteiger partial charge in [-0.05, 0) is 19.1 Å². The number of rotatable bonds is 3. The van der Waals surface area contributed by atoms with E-state index in [1.807, 2.05) is 35.7 Å². The molecular weight excluding hydrogens is 248 g/mol. The molecule has 0 aliphatic rings. The SMILES string of the molecule is Cc1nn(C)c2c1[nH]c(=S)n2CCn1ccnc1. The first-order valence-electron chi connectivity index (χ1n) is 5.74. The Kier molecular flexibility index (Phi) is 2.55. The topological polar surface area (TPSA) is 56.4 Å². The fourth-order valence-electron chi connectivity index (χ4n) is 2.21. The summed E-state index contributed by atoms with van der Waals surface area (Å²) in [6, 6.07) is 0. The first-order valence-corrected chi connectivity index (χ1v) is 6.15. The van der Waals surface area contributed by atoms with Crippen LogP contribution in [0.2, 0.25) is 0 Å². The smallest absolute Gasteiger partial charge is 0.179 e. The average Bonchev–Trinajstić information content (AvgIpc) is 2.98. The van der Waals surface area contributed by atoms with E-state index >= 15 is 0 Å². The van der Waals surface area contributed by atoms with Crippen LogP contribution >= 0.6 is 12.2 Å². The standard InChI is InChI=1S/C11H14N6S/c1-8-9-10(15(2)14-8)17(11(18)13-9)6-5-16-4-3-12-7-16/h3-4,7H,5-6H2,1-2H3,(H,13,18). The minimum Gasteiger partial charge on any atom is -0.336 e. The second-order valence-corrected chi connectivity index (χ2v) is 4.68. The molecule has 0 saturated heterocycles. The van der Waals surface area contributed by atoms with Crippen LogP contribution in [0, 0.1) is 11.7 Å². The normalized spacial score (nSPS) is 11.4. The minimum absolute atomic E-state index is 0.737. The quantitative estimate of drug-likeness (QED) is 0.730. The van der Waals surface area contributed by atoms with Crippen molar-refractivity contribution in [1.82, 2.24) is 28.9 Å². The first kappa shape index (κ1) is 11.2. The lowest BCUT2D eigenvalue weighted by atomic mass is 10.4. The number of aromatic nitrogens is 6. The van der Waals surface area contributed by atoms with Gasteiger partial charge in [0.2, 0.25) is 0 Å². The zero-order valence-corrected chi connectivity index (χ0v) is 11.1. The molecule has 3 aromatic rings. The summed E-state index contributed by atoms with van der Waals surface area (Å²) < 4.78 is 6.71. The number of aromatic amines is 1. The Labute approximate surface area is 109 Å². The van der Waals surface area contributed by atoms with E-state index in [1.54, 1.807) is 6.20 Å². The van der Waals surface area contributed by atoms with Crippen LogP contribution in [-0.2, 0) is 20.1 Å². The summed E-state index contributed by atoms with van der Waals surface area (Å²) in [5, 5.41) is 4.40. The highest BCUT2D eigenvalue weighted by atomic mass is 32.1. The van der Waals surface area contributed by atoms with Gasteiger partial charge in [-0.25, -0.2) is 4.98 Å². The van der Waals surface area contributed by atoms with Crippen LogP contribution in [0.1, 0.15) is 5.69 Å². The molecule has 0 unspecified atom stereocenters. The van der Waals surface area contributed by atoms with Gasteiger partial charge in [0, 0.05) is 32.5 Å². The summed E-state index contributed by atoms with van der Waals surface area (Å²) in [7, 11) is 1.94. The summed E-state index contributed by atoms with van der Waals surface area (Å²) in [6.07, 6.45) is 5.53. The van der Waals surface area contributed by atoms with E-state index in [9.17, 15) is 0 Å². The zero-order chi connectivity index (χ0) is 12.7. The van der Waals surface area contributed by atoms with Gasteiger partial charge in [0.25, 0.3) is 0 Å². The average molecular weight is 262 g/mol. The number of aryl methyl sites for hydroxylation is 4. The highest BCUT2D eigenvalue weighted by Gasteiger charge is 2.12. The van der Waals surface area contributed by atoms with Gasteiger partial charge in [0.15, 0.2) is 10.4 Å². The van der Waals surface area contributed by atoms with Crippen molar-refractivity contribution in [3.63, 3.8) is 0 Å². The van der Waals surface area contributed by atoms with Crippen LogP contribution in [-0.4, -0.2) is 28.9 Å².